The van der Waals surface area contributed by atoms with E-state index in [1.165, 1.54) is 21.7 Å². The Bertz CT molecular complexity index is 592. The molecule has 114 valence electrons. The van der Waals surface area contributed by atoms with Gasteiger partial charge < -0.3 is 10.5 Å². The quantitative estimate of drug-likeness (QED) is 0.846. The number of nitrogens with zero attached hydrogens (tertiary/aromatic N) is 1. The van der Waals surface area contributed by atoms with E-state index in [2.05, 4.69) is 32.9 Å². The van der Waals surface area contributed by atoms with Crippen molar-refractivity contribution >= 4 is 11.3 Å². The Morgan fingerprint density at radius 2 is 2.00 bits per heavy atom. The maximum absolute atomic E-state index is 5.82. The van der Waals surface area contributed by atoms with Crippen molar-refractivity contribution in [1.29, 1.82) is 0 Å². The van der Waals surface area contributed by atoms with E-state index < -0.39 is 0 Å². The molecule has 1 aromatic heterocycles. The second kappa shape index (κ2) is 7.57. The monoisotopic (exact) mass is 304 g/mol. The molecule has 0 aliphatic carbocycles. The predicted octanol–water partition coefficient (Wildman–Crippen LogP) is 3.79. The van der Waals surface area contributed by atoms with Crippen molar-refractivity contribution < 1.29 is 4.74 Å². The average molecular weight is 304 g/mol. The second-order valence-electron chi connectivity index (χ2n) is 5.28. The molecule has 0 amide bonds. The smallest absolute Gasteiger partial charge is 0.119 e. The number of hydrogen-bond acceptors (Lipinski definition) is 4. The third kappa shape index (κ3) is 4.29. The molecule has 0 saturated heterocycles. The van der Waals surface area contributed by atoms with Crippen molar-refractivity contribution in [2.24, 2.45) is 5.73 Å². The maximum Gasteiger partial charge on any atom is 0.119 e. The highest BCUT2D eigenvalue weighted by molar-refractivity contribution is 7.11. The van der Waals surface area contributed by atoms with Crippen LogP contribution in [0.4, 0.5) is 0 Å². The second-order valence-corrected chi connectivity index (χ2v) is 6.44. The fraction of sp³-hybridized carbons (Fsp3) is 0.471. The summed E-state index contributed by atoms with van der Waals surface area (Å²) in [7, 11) is 0. The van der Waals surface area contributed by atoms with Crippen molar-refractivity contribution in [3.05, 3.63) is 44.9 Å². The van der Waals surface area contributed by atoms with Crippen molar-refractivity contribution in [2.45, 2.75) is 46.6 Å². The van der Waals surface area contributed by atoms with Crippen molar-refractivity contribution in [1.82, 2.24) is 4.98 Å². The lowest BCUT2D eigenvalue weighted by molar-refractivity contribution is 0.321. The number of thiazole rings is 1. The average Bonchev–Trinajstić information content (AvgIpc) is 2.85. The number of ether oxygens (including phenoxy) is 1. The molecule has 2 N–H and O–H groups in total. The molecule has 0 radical (unpaired) electrons. The van der Waals surface area contributed by atoms with Crippen LogP contribution in [-0.4, -0.2) is 11.6 Å². The largest absolute Gasteiger partial charge is 0.493 e. The maximum atomic E-state index is 5.82. The van der Waals surface area contributed by atoms with Crippen LogP contribution < -0.4 is 10.5 Å². The molecule has 0 atom stereocenters. The minimum Gasteiger partial charge on any atom is -0.493 e. The number of aryl methyl sites for hydroxylation is 3. The summed E-state index contributed by atoms with van der Waals surface area (Å²) >= 11 is 1.72. The third-order valence-corrected chi connectivity index (χ3v) is 4.74. The molecular formula is C17H24N2OS. The van der Waals surface area contributed by atoms with Gasteiger partial charge in [-0.2, -0.15) is 0 Å². The molecule has 0 bridgehead atoms. The van der Waals surface area contributed by atoms with Crippen LogP contribution in [0, 0.1) is 13.8 Å². The number of hydrogen-bond donors (Lipinski definition) is 1. The van der Waals surface area contributed by atoms with Crippen LogP contribution in [0.1, 0.15) is 40.1 Å². The molecule has 0 spiro atoms. The molecule has 0 aliphatic rings. The number of nitrogens with two attached hydrogens (primary N) is 1. The van der Waals surface area contributed by atoms with Crippen LogP contribution in [0.15, 0.2) is 18.2 Å². The molecular weight excluding hydrogens is 280 g/mol. The van der Waals surface area contributed by atoms with Crippen LogP contribution in [0.3, 0.4) is 0 Å². The van der Waals surface area contributed by atoms with Crippen LogP contribution >= 0.6 is 11.3 Å². The van der Waals surface area contributed by atoms with Gasteiger partial charge in [-0.1, -0.05) is 19.4 Å². The first-order valence-corrected chi connectivity index (χ1v) is 8.33. The number of benzene rings is 1. The Morgan fingerprint density at radius 3 is 2.67 bits per heavy atom. The SMILES string of the molecule is CCCc1nc(CCOc2ccc(C)c(C)c2)sc1CN. The lowest BCUT2D eigenvalue weighted by atomic mass is 10.1. The molecule has 21 heavy (non-hydrogen) atoms. The van der Waals surface area contributed by atoms with Gasteiger partial charge in [0.05, 0.1) is 17.3 Å². The molecule has 0 fully saturated rings. The molecule has 2 rings (SSSR count). The van der Waals surface area contributed by atoms with E-state index in [9.17, 15) is 0 Å². The standard InChI is InChI=1S/C17H24N2OS/c1-4-5-15-16(11-18)21-17(19-15)8-9-20-14-7-6-12(2)13(3)10-14/h6-7,10H,4-5,8-9,11,18H2,1-3H3. The van der Waals surface area contributed by atoms with Crippen LogP contribution in [0.5, 0.6) is 5.75 Å². The Morgan fingerprint density at radius 1 is 1.19 bits per heavy atom. The van der Waals surface area contributed by atoms with Crippen molar-refractivity contribution in [3.8, 4) is 5.75 Å². The lowest BCUT2D eigenvalue weighted by Crippen LogP contribution is -2.01. The van der Waals surface area contributed by atoms with Gasteiger partial charge in [0, 0.05) is 17.8 Å². The predicted molar refractivity (Wildman–Crippen MR) is 89.1 cm³/mol. The van der Waals surface area contributed by atoms with Crippen LogP contribution in [-0.2, 0) is 19.4 Å². The zero-order valence-corrected chi connectivity index (χ0v) is 13.9. The van der Waals surface area contributed by atoms with E-state index >= 15 is 0 Å². The lowest BCUT2D eigenvalue weighted by Gasteiger charge is -2.07. The summed E-state index contributed by atoms with van der Waals surface area (Å²) in [5, 5.41) is 1.13. The highest BCUT2D eigenvalue weighted by Gasteiger charge is 2.09. The first-order chi connectivity index (χ1) is 10.1. The van der Waals surface area contributed by atoms with Gasteiger partial charge in [-0.25, -0.2) is 4.98 Å². The first-order valence-electron chi connectivity index (χ1n) is 7.51. The Labute approximate surface area is 131 Å². The van der Waals surface area contributed by atoms with Gasteiger partial charge in [0.1, 0.15) is 5.75 Å². The summed E-state index contributed by atoms with van der Waals surface area (Å²) in [5.74, 6) is 0.933. The van der Waals surface area contributed by atoms with Gasteiger partial charge in [-0.05, 0) is 43.5 Å². The third-order valence-electron chi connectivity index (χ3n) is 3.56. The highest BCUT2D eigenvalue weighted by atomic mass is 32.1. The van der Waals surface area contributed by atoms with Crippen molar-refractivity contribution in [3.63, 3.8) is 0 Å². The molecule has 4 heteroatoms. The first kappa shape index (κ1) is 16.0. The van der Waals surface area contributed by atoms with Crippen LogP contribution in [0.25, 0.3) is 0 Å². The summed E-state index contributed by atoms with van der Waals surface area (Å²) in [6.45, 7) is 7.63. The van der Waals surface area contributed by atoms with E-state index in [0.717, 1.165) is 30.0 Å². The topological polar surface area (TPSA) is 48.1 Å². The summed E-state index contributed by atoms with van der Waals surface area (Å²) in [6.07, 6.45) is 2.96. The summed E-state index contributed by atoms with van der Waals surface area (Å²) < 4.78 is 5.82. The van der Waals surface area contributed by atoms with E-state index in [4.69, 9.17) is 15.5 Å². The fourth-order valence-corrected chi connectivity index (χ4v) is 3.17. The molecule has 0 unspecified atom stereocenters. The molecule has 0 saturated carbocycles. The van der Waals surface area contributed by atoms with E-state index in [-0.39, 0.29) is 0 Å². The molecule has 0 aliphatic heterocycles. The minimum atomic E-state index is 0.588. The Hall–Kier alpha value is -1.39. The summed E-state index contributed by atoms with van der Waals surface area (Å²) in [6, 6.07) is 6.21. The minimum absolute atomic E-state index is 0.588. The zero-order chi connectivity index (χ0) is 15.2. The van der Waals surface area contributed by atoms with Gasteiger partial charge in [-0.15, -0.1) is 11.3 Å². The fourth-order valence-electron chi connectivity index (χ4n) is 2.20. The highest BCUT2D eigenvalue weighted by Crippen LogP contribution is 2.21. The van der Waals surface area contributed by atoms with Gasteiger partial charge in [0.2, 0.25) is 0 Å². The summed E-state index contributed by atoms with van der Waals surface area (Å²) in [5.41, 5.74) is 9.51. The van der Waals surface area contributed by atoms with E-state index in [1.54, 1.807) is 11.3 Å². The Kier molecular flexibility index (Phi) is 5.76. The van der Waals surface area contributed by atoms with Gasteiger partial charge in [0.25, 0.3) is 0 Å². The molecule has 1 heterocycles. The van der Waals surface area contributed by atoms with Gasteiger partial charge in [0.15, 0.2) is 0 Å². The number of rotatable bonds is 7. The summed E-state index contributed by atoms with van der Waals surface area (Å²) in [4.78, 5) is 5.91. The Balaban J connectivity index is 1.92. The normalized spacial score (nSPS) is 10.9. The van der Waals surface area contributed by atoms with Gasteiger partial charge in [-0.3, -0.25) is 0 Å². The number of aromatic nitrogens is 1. The van der Waals surface area contributed by atoms with Crippen LogP contribution in [0.2, 0.25) is 0 Å². The molecule has 2 aromatic rings. The van der Waals surface area contributed by atoms with Crippen molar-refractivity contribution in [2.75, 3.05) is 6.61 Å². The zero-order valence-electron chi connectivity index (χ0n) is 13.1. The van der Waals surface area contributed by atoms with E-state index in [1.807, 2.05) is 6.07 Å². The van der Waals surface area contributed by atoms with Gasteiger partial charge >= 0.3 is 0 Å². The molecule has 3 nitrogen and oxygen atoms in total. The molecule has 1 aromatic carbocycles. The van der Waals surface area contributed by atoms with E-state index in [0.29, 0.717) is 13.2 Å².